The first kappa shape index (κ1) is 18.3. The minimum atomic E-state index is -0.840. The third kappa shape index (κ3) is 5.52. The van der Waals surface area contributed by atoms with Gasteiger partial charge in [0.05, 0.1) is 10.5 Å². The predicted octanol–water partition coefficient (Wildman–Crippen LogP) is -0.469. The first-order valence-electron chi connectivity index (χ1n) is 6.68. The van der Waals surface area contributed by atoms with Crippen molar-refractivity contribution in [3.8, 4) is 0 Å². The molecule has 0 saturated carbocycles. The quantitative estimate of drug-likeness (QED) is 0.440. The zero-order valence-electron chi connectivity index (χ0n) is 12.1. The van der Waals surface area contributed by atoms with Gasteiger partial charge in [-0.15, -0.1) is 0 Å². The molecule has 0 saturated heterocycles. The number of hydrogen-bond acceptors (Lipinski definition) is 3. The van der Waals surface area contributed by atoms with Crippen LogP contribution in [0, 0.1) is 10.1 Å². The minimum Gasteiger partial charge on any atom is -1.00 e. The van der Waals surface area contributed by atoms with Crippen molar-refractivity contribution < 1.29 is 31.8 Å². The van der Waals surface area contributed by atoms with Gasteiger partial charge in [0.1, 0.15) is 6.42 Å². The summed E-state index contributed by atoms with van der Waals surface area (Å²) in [5, 5.41) is 19.6. The number of rotatable bonds is 6. The van der Waals surface area contributed by atoms with Crippen LogP contribution in [0.4, 0.5) is 5.69 Å². The molecule has 0 amide bonds. The summed E-state index contributed by atoms with van der Waals surface area (Å²) in [4.78, 5) is 21.0. The smallest absolute Gasteiger partial charge is 0.309 e. The summed E-state index contributed by atoms with van der Waals surface area (Å²) >= 11 is 0. The summed E-state index contributed by atoms with van der Waals surface area (Å²) < 4.78 is 1.77. The van der Waals surface area contributed by atoms with Crippen LogP contribution >= 0.6 is 0 Å². The van der Waals surface area contributed by atoms with Gasteiger partial charge in [-0.05, 0) is 17.7 Å². The van der Waals surface area contributed by atoms with E-state index < -0.39 is 10.9 Å². The SMILES string of the molecule is O=C(O)CC[n+]1ccc(/C=C\c2ccccc2[N+](=O)[O-])cc1.[Cl-]. The Kier molecular flexibility index (Phi) is 6.89. The van der Waals surface area contributed by atoms with Crippen molar-refractivity contribution in [2.75, 3.05) is 0 Å². The molecule has 0 radical (unpaired) electrons. The number of benzene rings is 1. The van der Waals surface area contributed by atoms with Gasteiger partial charge in [0.25, 0.3) is 5.69 Å². The Morgan fingerprint density at radius 2 is 1.83 bits per heavy atom. The molecule has 1 heterocycles. The molecular weight excluding hydrogens is 320 g/mol. The highest BCUT2D eigenvalue weighted by Crippen LogP contribution is 2.19. The molecule has 0 aliphatic carbocycles. The van der Waals surface area contributed by atoms with Crippen LogP contribution in [0.5, 0.6) is 0 Å². The maximum Gasteiger partial charge on any atom is 0.309 e. The van der Waals surface area contributed by atoms with Crippen molar-refractivity contribution in [2.45, 2.75) is 13.0 Å². The van der Waals surface area contributed by atoms with E-state index in [0.717, 1.165) is 5.56 Å². The van der Waals surface area contributed by atoms with Crippen molar-refractivity contribution in [2.24, 2.45) is 0 Å². The number of nitro groups is 1. The number of carboxylic acids is 1. The minimum absolute atomic E-state index is 0. The van der Waals surface area contributed by atoms with Crippen LogP contribution in [0.2, 0.25) is 0 Å². The summed E-state index contributed by atoms with van der Waals surface area (Å²) in [5.74, 6) is -0.840. The second-order valence-corrected chi connectivity index (χ2v) is 4.66. The number of nitrogens with zero attached hydrogens (tertiary/aromatic N) is 2. The molecule has 6 nitrogen and oxygen atoms in total. The fourth-order valence-electron chi connectivity index (χ4n) is 1.93. The lowest BCUT2D eigenvalue weighted by Gasteiger charge is -1.97. The highest BCUT2D eigenvalue weighted by molar-refractivity contribution is 5.73. The lowest BCUT2D eigenvalue weighted by atomic mass is 10.1. The van der Waals surface area contributed by atoms with Crippen LogP contribution in [0.15, 0.2) is 48.8 Å². The molecule has 120 valence electrons. The maximum atomic E-state index is 10.9. The van der Waals surface area contributed by atoms with Crippen molar-refractivity contribution >= 4 is 23.8 Å². The Hall–Kier alpha value is -2.73. The molecule has 0 spiro atoms. The Morgan fingerprint density at radius 1 is 1.17 bits per heavy atom. The van der Waals surface area contributed by atoms with E-state index in [0.29, 0.717) is 12.1 Å². The van der Waals surface area contributed by atoms with Gasteiger partial charge >= 0.3 is 5.97 Å². The lowest BCUT2D eigenvalue weighted by Crippen LogP contribution is -3.00. The average molecular weight is 335 g/mol. The van der Waals surface area contributed by atoms with Crippen molar-refractivity contribution in [1.82, 2.24) is 0 Å². The largest absolute Gasteiger partial charge is 1.00 e. The molecule has 0 unspecified atom stereocenters. The first-order chi connectivity index (χ1) is 10.6. The van der Waals surface area contributed by atoms with E-state index in [4.69, 9.17) is 5.11 Å². The molecule has 2 rings (SSSR count). The third-order valence-electron chi connectivity index (χ3n) is 3.09. The lowest BCUT2D eigenvalue weighted by molar-refractivity contribution is -0.696. The molecular formula is C16H15ClN2O4. The van der Waals surface area contributed by atoms with E-state index in [1.54, 1.807) is 47.3 Å². The van der Waals surface area contributed by atoms with Crippen LogP contribution in [0.1, 0.15) is 17.5 Å². The average Bonchev–Trinajstić information content (AvgIpc) is 2.52. The van der Waals surface area contributed by atoms with Gasteiger partial charge in [-0.25, -0.2) is 4.57 Å². The number of carbonyl (C=O) groups is 1. The zero-order chi connectivity index (χ0) is 15.9. The summed E-state index contributed by atoms with van der Waals surface area (Å²) in [6.45, 7) is 0.406. The van der Waals surface area contributed by atoms with Crippen LogP contribution in [-0.2, 0) is 11.3 Å². The molecule has 0 fully saturated rings. The molecule has 1 aromatic heterocycles. The molecule has 1 N–H and O–H groups in total. The van der Waals surface area contributed by atoms with Crippen LogP contribution < -0.4 is 17.0 Å². The van der Waals surface area contributed by atoms with Crippen molar-refractivity contribution in [1.29, 1.82) is 0 Å². The van der Waals surface area contributed by atoms with Gasteiger partial charge < -0.3 is 17.5 Å². The highest BCUT2D eigenvalue weighted by atomic mass is 35.5. The number of para-hydroxylation sites is 1. The number of halogens is 1. The first-order valence-corrected chi connectivity index (χ1v) is 6.68. The van der Waals surface area contributed by atoms with E-state index in [1.165, 1.54) is 6.07 Å². The maximum absolute atomic E-state index is 10.9. The molecule has 0 aliphatic heterocycles. The van der Waals surface area contributed by atoms with Gasteiger partial charge in [-0.3, -0.25) is 14.9 Å². The number of aliphatic carboxylic acids is 1. The van der Waals surface area contributed by atoms with E-state index in [9.17, 15) is 14.9 Å². The fourth-order valence-corrected chi connectivity index (χ4v) is 1.93. The van der Waals surface area contributed by atoms with E-state index in [1.807, 2.05) is 12.1 Å². The Labute approximate surface area is 139 Å². The number of hydrogen-bond donors (Lipinski definition) is 1. The number of nitro benzene ring substituents is 1. The van der Waals surface area contributed by atoms with Gasteiger partial charge in [-0.1, -0.05) is 18.2 Å². The number of aromatic nitrogens is 1. The molecule has 0 atom stereocenters. The van der Waals surface area contributed by atoms with Gasteiger partial charge in [0, 0.05) is 18.2 Å². The fraction of sp³-hybridized carbons (Fsp3) is 0.125. The summed E-state index contributed by atoms with van der Waals surface area (Å²) in [6, 6.07) is 10.2. The number of carboxylic acid groups (broad SMARTS) is 1. The Bertz CT molecular complexity index is 714. The predicted molar refractivity (Wildman–Crippen MR) is 80.9 cm³/mol. The normalized spacial score (nSPS) is 10.3. The molecule has 0 aliphatic rings. The monoisotopic (exact) mass is 334 g/mol. The number of pyridine rings is 1. The number of aryl methyl sites for hydroxylation is 1. The van der Waals surface area contributed by atoms with Crippen LogP contribution in [0.3, 0.4) is 0 Å². The van der Waals surface area contributed by atoms with Crippen LogP contribution in [0.25, 0.3) is 12.2 Å². The molecule has 23 heavy (non-hydrogen) atoms. The Balaban J connectivity index is 0.00000264. The van der Waals surface area contributed by atoms with Crippen LogP contribution in [-0.4, -0.2) is 16.0 Å². The molecule has 0 bridgehead atoms. The summed E-state index contributed by atoms with van der Waals surface area (Å²) in [7, 11) is 0. The Morgan fingerprint density at radius 3 is 2.43 bits per heavy atom. The van der Waals surface area contributed by atoms with E-state index in [2.05, 4.69) is 0 Å². The highest BCUT2D eigenvalue weighted by Gasteiger charge is 2.09. The summed E-state index contributed by atoms with van der Waals surface area (Å²) in [6.07, 6.45) is 7.10. The van der Waals surface area contributed by atoms with E-state index >= 15 is 0 Å². The third-order valence-corrected chi connectivity index (χ3v) is 3.09. The topological polar surface area (TPSA) is 84.3 Å². The molecule has 2 aromatic rings. The summed E-state index contributed by atoms with van der Waals surface area (Å²) in [5.41, 5.74) is 1.48. The zero-order valence-corrected chi connectivity index (χ0v) is 12.9. The standard InChI is InChI=1S/C16H14N2O4.ClH/c19-16(20)9-12-17-10-7-13(8-11-17)5-6-14-3-1-2-4-15(14)18(21)22;/h1-8,10-11H,9,12H2;1H/b6-5-;. The van der Waals surface area contributed by atoms with Crippen molar-refractivity contribution in [3.63, 3.8) is 0 Å². The van der Waals surface area contributed by atoms with Gasteiger partial charge in [-0.2, -0.15) is 0 Å². The molecule has 1 aromatic carbocycles. The van der Waals surface area contributed by atoms with Crippen molar-refractivity contribution in [3.05, 3.63) is 70.0 Å². The second kappa shape index (κ2) is 8.65. The van der Waals surface area contributed by atoms with Gasteiger partial charge in [0.2, 0.25) is 0 Å². The second-order valence-electron chi connectivity index (χ2n) is 4.66. The van der Waals surface area contributed by atoms with E-state index in [-0.39, 0.29) is 24.5 Å². The molecule has 7 heteroatoms. The van der Waals surface area contributed by atoms with Gasteiger partial charge in [0.15, 0.2) is 18.9 Å².